The molecule has 0 unspecified atom stereocenters. The lowest BCUT2D eigenvalue weighted by Crippen LogP contribution is -2.40. The quantitative estimate of drug-likeness (QED) is 0.669. The maximum Gasteiger partial charge on any atom is 0.244 e. The van der Waals surface area contributed by atoms with Crippen LogP contribution in [0.3, 0.4) is 0 Å². The fourth-order valence-electron chi connectivity index (χ4n) is 3.73. The molecular formula is C24H29NO6. The first-order valence-electron chi connectivity index (χ1n) is 9.96. The zero-order chi connectivity index (χ0) is 22.6. The van der Waals surface area contributed by atoms with Gasteiger partial charge in [0.1, 0.15) is 17.1 Å². The Morgan fingerprint density at radius 2 is 1.77 bits per heavy atom. The molecule has 2 aromatic rings. The van der Waals surface area contributed by atoms with Crippen LogP contribution in [0.2, 0.25) is 0 Å². The average Bonchev–Trinajstić information content (AvgIpc) is 2.75. The third-order valence-electron chi connectivity index (χ3n) is 5.14. The van der Waals surface area contributed by atoms with Gasteiger partial charge in [-0.1, -0.05) is 0 Å². The first-order valence-corrected chi connectivity index (χ1v) is 9.96. The number of fused-ring (bicyclic) bond motifs is 1. The predicted molar refractivity (Wildman–Crippen MR) is 118 cm³/mol. The van der Waals surface area contributed by atoms with E-state index in [0.717, 1.165) is 11.3 Å². The van der Waals surface area contributed by atoms with Crippen LogP contribution in [-0.2, 0) is 4.79 Å². The molecular weight excluding hydrogens is 398 g/mol. The number of hydrogen-bond donors (Lipinski definition) is 1. The lowest BCUT2D eigenvalue weighted by molar-refractivity contribution is -0.117. The van der Waals surface area contributed by atoms with Crippen LogP contribution >= 0.6 is 0 Å². The highest BCUT2D eigenvalue weighted by Gasteiger charge is 2.34. The summed E-state index contributed by atoms with van der Waals surface area (Å²) < 4.78 is 27.6. The van der Waals surface area contributed by atoms with Crippen LogP contribution in [0.25, 0.3) is 6.08 Å². The smallest absolute Gasteiger partial charge is 0.244 e. The number of methoxy groups -OCH3 is 4. The molecule has 3 rings (SSSR count). The van der Waals surface area contributed by atoms with Gasteiger partial charge in [0.15, 0.2) is 11.5 Å². The Kier molecular flexibility index (Phi) is 6.63. The number of hydrogen-bond acceptors (Lipinski definition) is 6. The molecule has 2 aromatic carbocycles. The Balaban J connectivity index is 1.84. The lowest BCUT2D eigenvalue weighted by atomic mass is 9.89. The van der Waals surface area contributed by atoms with E-state index < -0.39 is 5.60 Å². The highest BCUT2D eigenvalue weighted by molar-refractivity contribution is 5.92. The largest absolute Gasteiger partial charge is 0.497 e. The summed E-state index contributed by atoms with van der Waals surface area (Å²) in [6, 6.07) is 8.99. The van der Waals surface area contributed by atoms with Crippen molar-refractivity contribution in [2.45, 2.75) is 31.9 Å². The van der Waals surface area contributed by atoms with E-state index >= 15 is 0 Å². The summed E-state index contributed by atoms with van der Waals surface area (Å²) in [6.45, 7) is 4.01. The molecule has 0 saturated carbocycles. The molecule has 1 amide bonds. The Morgan fingerprint density at radius 1 is 1.03 bits per heavy atom. The van der Waals surface area contributed by atoms with Gasteiger partial charge >= 0.3 is 0 Å². The molecule has 0 aliphatic carbocycles. The zero-order valence-electron chi connectivity index (χ0n) is 18.8. The second-order valence-corrected chi connectivity index (χ2v) is 7.79. The van der Waals surface area contributed by atoms with Crippen LogP contribution in [0.4, 0.5) is 0 Å². The fraction of sp³-hybridized carbons (Fsp3) is 0.375. The lowest BCUT2D eigenvalue weighted by Gasteiger charge is -2.37. The second kappa shape index (κ2) is 9.20. The summed E-state index contributed by atoms with van der Waals surface area (Å²) in [6.07, 6.45) is 3.80. The van der Waals surface area contributed by atoms with Crippen molar-refractivity contribution in [2.24, 2.45) is 0 Å². The molecule has 7 heteroatoms. The van der Waals surface area contributed by atoms with E-state index in [4.69, 9.17) is 23.7 Å². The number of rotatable bonds is 7. The first kappa shape index (κ1) is 22.3. The molecule has 31 heavy (non-hydrogen) atoms. The number of amides is 1. The van der Waals surface area contributed by atoms with E-state index in [2.05, 4.69) is 5.32 Å². The van der Waals surface area contributed by atoms with E-state index in [1.807, 2.05) is 38.1 Å². The van der Waals surface area contributed by atoms with Gasteiger partial charge in [-0.3, -0.25) is 4.79 Å². The Morgan fingerprint density at radius 3 is 2.42 bits per heavy atom. The molecule has 7 nitrogen and oxygen atoms in total. The Labute approximate surface area is 182 Å². The molecule has 166 valence electrons. The molecule has 0 fully saturated rings. The number of nitrogens with one attached hydrogen (secondary N) is 1. The van der Waals surface area contributed by atoms with Gasteiger partial charge in [0.2, 0.25) is 11.7 Å². The number of carbonyl (C=O) groups excluding carboxylic acids is 1. The van der Waals surface area contributed by atoms with Gasteiger partial charge in [-0.05, 0) is 50.3 Å². The van der Waals surface area contributed by atoms with Gasteiger partial charge in [0.25, 0.3) is 0 Å². The summed E-state index contributed by atoms with van der Waals surface area (Å²) in [5, 5.41) is 3.08. The van der Waals surface area contributed by atoms with Crippen molar-refractivity contribution in [3.05, 3.63) is 47.5 Å². The third kappa shape index (κ3) is 4.87. The van der Waals surface area contributed by atoms with Crippen molar-refractivity contribution >= 4 is 12.0 Å². The van der Waals surface area contributed by atoms with Crippen molar-refractivity contribution in [1.82, 2.24) is 5.32 Å². The molecule has 1 atom stereocenters. The molecule has 0 spiro atoms. The van der Waals surface area contributed by atoms with E-state index in [0.29, 0.717) is 35.0 Å². The minimum atomic E-state index is -0.407. The summed E-state index contributed by atoms with van der Waals surface area (Å²) >= 11 is 0. The third-order valence-corrected chi connectivity index (χ3v) is 5.14. The van der Waals surface area contributed by atoms with Crippen molar-refractivity contribution in [2.75, 3.05) is 28.4 Å². The van der Waals surface area contributed by atoms with Crippen LogP contribution in [0.5, 0.6) is 28.7 Å². The average molecular weight is 427 g/mol. The van der Waals surface area contributed by atoms with E-state index in [-0.39, 0.29) is 11.9 Å². The molecule has 0 saturated heterocycles. The van der Waals surface area contributed by atoms with Crippen molar-refractivity contribution < 1.29 is 28.5 Å². The van der Waals surface area contributed by atoms with Gasteiger partial charge in [-0.25, -0.2) is 0 Å². The van der Waals surface area contributed by atoms with Crippen LogP contribution in [-0.4, -0.2) is 39.9 Å². The maximum atomic E-state index is 12.8. The number of benzene rings is 2. The highest BCUT2D eigenvalue weighted by Crippen LogP contribution is 2.42. The van der Waals surface area contributed by atoms with Crippen LogP contribution < -0.4 is 29.0 Å². The summed E-state index contributed by atoms with van der Waals surface area (Å²) in [7, 11) is 6.26. The molecule has 1 aliphatic heterocycles. The van der Waals surface area contributed by atoms with Gasteiger partial charge in [-0.15, -0.1) is 0 Å². The number of ether oxygens (including phenoxy) is 5. The number of carbonyl (C=O) groups is 1. The Hall–Kier alpha value is -3.35. The van der Waals surface area contributed by atoms with E-state index in [1.165, 1.54) is 6.08 Å². The van der Waals surface area contributed by atoms with E-state index in [9.17, 15) is 4.79 Å². The van der Waals surface area contributed by atoms with Gasteiger partial charge in [0.05, 0.1) is 34.5 Å². The summed E-state index contributed by atoms with van der Waals surface area (Å²) in [4.78, 5) is 12.8. The monoisotopic (exact) mass is 427 g/mol. The topological polar surface area (TPSA) is 75.3 Å². The SMILES string of the molecule is COc1ccc2c(c1)[C@@H](NC(=O)/C=C/c1ccc(OC)c(OC)c1OC)CC(C)(C)O2. The van der Waals surface area contributed by atoms with Gasteiger partial charge in [0, 0.05) is 23.6 Å². The van der Waals surface area contributed by atoms with Crippen molar-refractivity contribution in [3.63, 3.8) is 0 Å². The zero-order valence-corrected chi connectivity index (χ0v) is 18.8. The summed E-state index contributed by atoms with van der Waals surface area (Å²) in [5.41, 5.74) is 1.18. The first-order chi connectivity index (χ1) is 14.8. The van der Waals surface area contributed by atoms with Crippen molar-refractivity contribution in [1.29, 1.82) is 0 Å². The molecule has 0 bridgehead atoms. The summed E-state index contributed by atoms with van der Waals surface area (Å²) in [5.74, 6) is 2.75. The normalized spacial score (nSPS) is 16.8. The van der Waals surface area contributed by atoms with E-state index in [1.54, 1.807) is 40.6 Å². The van der Waals surface area contributed by atoms with Gasteiger partial charge < -0.3 is 29.0 Å². The highest BCUT2D eigenvalue weighted by atomic mass is 16.5. The predicted octanol–water partition coefficient (Wildman–Crippen LogP) is 4.15. The minimum Gasteiger partial charge on any atom is -0.497 e. The van der Waals surface area contributed by atoms with Crippen LogP contribution in [0.1, 0.15) is 37.4 Å². The minimum absolute atomic E-state index is 0.210. The standard InChI is InChI=1S/C24H29NO6/c1-24(2)14-18(17-13-16(27-3)9-11-19(17)31-24)25-21(26)12-8-15-7-10-20(28-4)23(30-6)22(15)29-5/h7-13,18H,14H2,1-6H3,(H,25,26)/b12-8+/t18-/m0/s1. The van der Waals surface area contributed by atoms with Gasteiger partial charge in [-0.2, -0.15) is 0 Å². The van der Waals surface area contributed by atoms with Crippen LogP contribution in [0.15, 0.2) is 36.4 Å². The molecule has 0 radical (unpaired) electrons. The van der Waals surface area contributed by atoms with Crippen molar-refractivity contribution in [3.8, 4) is 28.7 Å². The fourth-order valence-corrected chi connectivity index (χ4v) is 3.73. The molecule has 1 aliphatic rings. The maximum absolute atomic E-state index is 12.8. The Bertz CT molecular complexity index is 982. The molecule has 0 aromatic heterocycles. The van der Waals surface area contributed by atoms with Crippen LogP contribution in [0, 0.1) is 0 Å². The molecule has 1 heterocycles. The second-order valence-electron chi connectivity index (χ2n) is 7.79. The molecule has 1 N–H and O–H groups in total.